The molecule has 0 unspecified atom stereocenters. The third-order valence-electron chi connectivity index (χ3n) is 4.44. The van der Waals surface area contributed by atoms with Gasteiger partial charge >= 0.3 is 0 Å². The molecule has 0 saturated carbocycles. The molecule has 140 valence electrons. The second kappa shape index (κ2) is 7.23. The number of rotatable bonds is 4. The maximum atomic E-state index is 13.0. The highest BCUT2D eigenvalue weighted by Gasteiger charge is 2.28. The van der Waals surface area contributed by atoms with Gasteiger partial charge in [0.25, 0.3) is 11.5 Å². The third kappa shape index (κ3) is 4.00. The zero-order chi connectivity index (χ0) is 19.6. The number of fused-ring (bicyclic) bond motifs is 1. The van der Waals surface area contributed by atoms with Gasteiger partial charge in [0.15, 0.2) is 0 Å². The fourth-order valence-electron chi connectivity index (χ4n) is 2.90. The van der Waals surface area contributed by atoms with E-state index < -0.39 is 5.54 Å². The predicted molar refractivity (Wildman–Crippen MR) is 105 cm³/mol. The Bertz CT molecular complexity index is 1020. The van der Waals surface area contributed by atoms with E-state index in [4.69, 9.17) is 4.74 Å². The zero-order valence-electron chi connectivity index (χ0n) is 15.9. The van der Waals surface area contributed by atoms with Gasteiger partial charge < -0.3 is 14.6 Å². The lowest BCUT2D eigenvalue weighted by atomic mass is 10.0. The molecule has 0 aliphatic heterocycles. The van der Waals surface area contributed by atoms with E-state index >= 15 is 0 Å². The number of H-pyrrole nitrogens is 1. The van der Waals surface area contributed by atoms with E-state index in [1.165, 1.54) is 0 Å². The number of hydrogen-bond donors (Lipinski definition) is 1. The molecule has 6 nitrogen and oxygen atoms in total. The largest absolute Gasteiger partial charge is 0.497 e. The summed E-state index contributed by atoms with van der Waals surface area (Å²) in [4.78, 5) is 34.2. The molecule has 0 atom stereocenters. The highest BCUT2D eigenvalue weighted by atomic mass is 16.5. The van der Waals surface area contributed by atoms with Crippen LogP contribution < -0.4 is 10.3 Å². The number of pyridine rings is 2. The molecule has 0 fully saturated rings. The SMILES string of the molecule is COc1ccc2cc(CN(C(=O)c3ccncc3)C(C)(C)C)c(=O)[nH]c2c1. The van der Waals surface area contributed by atoms with Crippen molar-refractivity contribution in [1.82, 2.24) is 14.9 Å². The van der Waals surface area contributed by atoms with Crippen molar-refractivity contribution in [2.24, 2.45) is 0 Å². The van der Waals surface area contributed by atoms with Crippen LogP contribution in [0.5, 0.6) is 5.75 Å². The van der Waals surface area contributed by atoms with E-state index in [-0.39, 0.29) is 18.0 Å². The number of benzene rings is 1. The Kier molecular flexibility index (Phi) is 4.99. The van der Waals surface area contributed by atoms with Gasteiger partial charge in [0.2, 0.25) is 0 Å². The summed E-state index contributed by atoms with van der Waals surface area (Å²) >= 11 is 0. The third-order valence-corrected chi connectivity index (χ3v) is 4.44. The Hall–Kier alpha value is -3.15. The average molecular weight is 365 g/mol. The highest BCUT2D eigenvalue weighted by Crippen LogP contribution is 2.22. The summed E-state index contributed by atoms with van der Waals surface area (Å²) in [6.45, 7) is 6.06. The average Bonchev–Trinajstić information content (AvgIpc) is 2.65. The molecule has 0 saturated heterocycles. The van der Waals surface area contributed by atoms with Gasteiger partial charge in [0.1, 0.15) is 5.75 Å². The van der Waals surface area contributed by atoms with E-state index in [0.717, 1.165) is 5.39 Å². The molecule has 1 aromatic carbocycles. The van der Waals surface area contributed by atoms with Crippen molar-refractivity contribution in [3.8, 4) is 5.75 Å². The van der Waals surface area contributed by atoms with Crippen LogP contribution in [0.3, 0.4) is 0 Å². The molecule has 2 aromatic heterocycles. The van der Waals surface area contributed by atoms with Gasteiger partial charge in [-0.05, 0) is 56.5 Å². The standard InChI is InChI=1S/C21H23N3O3/c1-21(2,3)24(20(26)14-7-9-22-10-8-14)13-16-11-15-5-6-17(27-4)12-18(15)23-19(16)25/h5-12H,13H2,1-4H3,(H,23,25). The van der Waals surface area contributed by atoms with Gasteiger partial charge in [-0.15, -0.1) is 0 Å². The summed E-state index contributed by atoms with van der Waals surface area (Å²) < 4.78 is 5.20. The Balaban J connectivity index is 2.00. The quantitative estimate of drug-likeness (QED) is 0.769. The smallest absolute Gasteiger partial charge is 0.254 e. The molecule has 0 spiro atoms. The van der Waals surface area contributed by atoms with Gasteiger partial charge in [-0.3, -0.25) is 14.6 Å². The number of amides is 1. The number of aromatic nitrogens is 2. The molecular formula is C21H23N3O3. The van der Waals surface area contributed by atoms with Crippen LogP contribution in [-0.2, 0) is 6.54 Å². The fourth-order valence-corrected chi connectivity index (χ4v) is 2.90. The van der Waals surface area contributed by atoms with E-state index in [0.29, 0.717) is 22.4 Å². The van der Waals surface area contributed by atoms with Crippen molar-refractivity contribution in [1.29, 1.82) is 0 Å². The Labute approximate surface area is 157 Å². The molecule has 6 heteroatoms. The minimum atomic E-state index is -0.457. The molecule has 0 radical (unpaired) electrons. The molecule has 3 rings (SSSR count). The van der Waals surface area contributed by atoms with Crippen LogP contribution in [0.2, 0.25) is 0 Å². The number of ether oxygens (including phenoxy) is 1. The minimum absolute atomic E-state index is 0.140. The van der Waals surface area contributed by atoms with Crippen LogP contribution in [0.25, 0.3) is 10.9 Å². The summed E-state index contributed by atoms with van der Waals surface area (Å²) in [6.07, 6.45) is 3.18. The van der Waals surface area contributed by atoms with Crippen molar-refractivity contribution >= 4 is 16.8 Å². The first-order valence-electron chi connectivity index (χ1n) is 8.71. The summed E-state index contributed by atoms with van der Waals surface area (Å²) in [7, 11) is 1.58. The second-order valence-electron chi connectivity index (χ2n) is 7.37. The molecule has 0 bridgehead atoms. The van der Waals surface area contributed by atoms with E-state index in [2.05, 4.69) is 9.97 Å². The van der Waals surface area contributed by atoms with Crippen molar-refractivity contribution in [2.75, 3.05) is 7.11 Å². The predicted octanol–water partition coefficient (Wildman–Crippen LogP) is 3.37. The lowest BCUT2D eigenvalue weighted by Gasteiger charge is -2.35. The van der Waals surface area contributed by atoms with Crippen LogP contribution in [-0.4, -0.2) is 33.4 Å². The second-order valence-corrected chi connectivity index (χ2v) is 7.37. The number of aromatic amines is 1. The molecule has 1 amide bonds. The number of carbonyl (C=O) groups excluding carboxylic acids is 1. The Morgan fingerprint density at radius 1 is 1.15 bits per heavy atom. The monoisotopic (exact) mass is 365 g/mol. The molecule has 1 N–H and O–H groups in total. The van der Waals surface area contributed by atoms with Gasteiger partial charge in [0.05, 0.1) is 19.2 Å². The van der Waals surface area contributed by atoms with Crippen molar-refractivity contribution < 1.29 is 9.53 Å². The van der Waals surface area contributed by atoms with Gasteiger partial charge in [-0.1, -0.05) is 0 Å². The number of methoxy groups -OCH3 is 1. The van der Waals surface area contributed by atoms with Crippen molar-refractivity contribution in [3.05, 3.63) is 70.3 Å². The molecule has 0 aliphatic rings. The topological polar surface area (TPSA) is 75.3 Å². The van der Waals surface area contributed by atoms with Crippen LogP contribution >= 0.6 is 0 Å². The van der Waals surface area contributed by atoms with Crippen LogP contribution in [0.15, 0.2) is 53.6 Å². The van der Waals surface area contributed by atoms with Gasteiger partial charge in [0, 0.05) is 35.1 Å². The first kappa shape index (κ1) is 18.6. The molecule has 0 aliphatic carbocycles. The molecule has 27 heavy (non-hydrogen) atoms. The maximum absolute atomic E-state index is 13.0. The number of hydrogen-bond acceptors (Lipinski definition) is 4. The first-order valence-corrected chi connectivity index (χ1v) is 8.71. The molecule has 2 heterocycles. The highest BCUT2D eigenvalue weighted by molar-refractivity contribution is 5.94. The summed E-state index contributed by atoms with van der Waals surface area (Å²) in [6, 6.07) is 10.7. The van der Waals surface area contributed by atoms with Crippen LogP contribution in [0.1, 0.15) is 36.7 Å². The number of nitrogens with zero attached hydrogens (tertiary/aromatic N) is 2. The summed E-state index contributed by atoms with van der Waals surface area (Å²) in [5.74, 6) is 0.536. The maximum Gasteiger partial charge on any atom is 0.254 e. The van der Waals surface area contributed by atoms with Gasteiger partial charge in [-0.2, -0.15) is 0 Å². The van der Waals surface area contributed by atoms with Gasteiger partial charge in [-0.25, -0.2) is 0 Å². The zero-order valence-corrected chi connectivity index (χ0v) is 15.9. The lowest BCUT2D eigenvalue weighted by molar-refractivity contribution is 0.0558. The summed E-state index contributed by atoms with van der Waals surface area (Å²) in [5.41, 5.74) is 1.10. The van der Waals surface area contributed by atoms with E-state index in [1.807, 2.05) is 39.0 Å². The number of carbonyl (C=O) groups is 1. The van der Waals surface area contributed by atoms with Crippen molar-refractivity contribution in [2.45, 2.75) is 32.9 Å². The summed E-state index contributed by atoms with van der Waals surface area (Å²) in [5, 5.41) is 0.885. The Morgan fingerprint density at radius 2 is 1.85 bits per heavy atom. The Morgan fingerprint density at radius 3 is 2.48 bits per heavy atom. The van der Waals surface area contributed by atoms with Crippen LogP contribution in [0, 0.1) is 0 Å². The fraction of sp³-hybridized carbons (Fsp3) is 0.286. The first-order chi connectivity index (χ1) is 12.8. The van der Waals surface area contributed by atoms with Crippen molar-refractivity contribution in [3.63, 3.8) is 0 Å². The normalized spacial score (nSPS) is 11.4. The molecular weight excluding hydrogens is 342 g/mol. The lowest BCUT2D eigenvalue weighted by Crippen LogP contribution is -2.46. The van der Waals surface area contributed by atoms with Crippen LogP contribution in [0.4, 0.5) is 0 Å². The van der Waals surface area contributed by atoms with E-state index in [1.54, 1.807) is 42.6 Å². The molecule has 3 aromatic rings. The minimum Gasteiger partial charge on any atom is -0.497 e. The number of nitrogens with one attached hydrogen (secondary N) is 1. The van der Waals surface area contributed by atoms with E-state index in [9.17, 15) is 9.59 Å².